The minimum absolute atomic E-state index is 0.446. The molecule has 0 amide bonds. The van der Waals surface area contributed by atoms with Crippen LogP contribution in [0.1, 0.15) is 24.8 Å². The Morgan fingerprint density at radius 1 is 1.15 bits per heavy atom. The highest BCUT2D eigenvalue weighted by Gasteiger charge is 2.35. The van der Waals surface area contributed by atoms with Crippen LogP contribution in [0, 0.1) is 5.41 Å². The van der Waals surface area contributed by atoms with Crippen LogP contribution in [0.4, 0.5) is 0 Å². The van der Waals surface area contributed by atoms with E-state index >= 15 is 0 Å². The second-order valence-corrected chi connectivity index (χ2v) is 4.22. The molecule has 70 valence electrons. The zero-order valence-electron chi connectivity index (χ0n) is 8.00. The van der Waals surface area contributed by atoms with E-state index in [1.807, 2.05) is 0 Å². The Morgan fingerprint density at radius 3 is 2.31 bits per heavy atom. The predicted molar refractivity (Wildman–Crippen MR) is 55.5 cm³/mol. The highest BCUT2D eigenvalue weighted by molar-refractivity contribution is 5.17. The van der Waals surface area contributed by atoms with E-state index in [9.17, 15) is 0 Å². The normalized spacial score (nSPS) is 19.5. The van der Waals surface area contributed by atoms with Gasteiger partial charge in [0, 0.05) is 0 Å². The van der Waals surface area contributed by atoms with Gasteiger partial charge < -0.3 is 5.73 Å². The molecule has 2 rings (SSSR count). The van der Waals surface area contributed by atoms with Crippen LogP contribution in [0.2, 0.25) is 0 Å². The van der Waals surface area contributed by atoms with Gasteiger partial charge in [-0.05, 0) is 36.8 Å². The molecule has 0 spiro atoms. The van der Waals surface area contributed by atoms with Crippen molar-refractivity contribution in [3.05, 3.63) is 35.9 Å². The Morgan fingerprint density at radius 2 is 1.85 bits per heavy atom. The molecule has 2 N–H and O–H groups in total. The summed E-state index contributed by atoms with van der Waals surface area (Å²) >= 11 is 0. The van der Waals surface area contributed by atoms with E-state index in [1.165, 1.54) is 31.2 Å². The highest BCUT2D eigenvalue weighted by atomic mass is 14.6. The molecule has 0 unspecified atom stereocenters. The van der Waals surface area contributed by atoms with Crippen molar-refractivity contribution in [2.45, 2.75) is 25.7 Å². The summed E-state index contributed by atoms with van der Waals surface area (Å²) < 4.78 is 0. The summed E-state index contributed by atoms with van der Waals surface area (Å²) in [6.45, 7) is 0.849. The predicted octanol–water partition coefficient (Wildman–Crippen LogP) is 2.36. The molecule has 1 saturated carbocycles. The van der Waals surface area contributed by atoms with Crippen molar-refractivity contribution in [3.63, 3.8) is 0 Å². The molecule has 1 heteroatoms. The molecule has 1 aliphatic rings. The van der Waals surface area contributed by atoms with Crippen molar-refractivity contribution in [3.8, 4) is 0 Å². The van der Waals surface area contributed by atoms with E-state index < -0.39 is 0 Å². The van der Waals surface area contributed by atoms with Crippen LogP contribution in [-0.4, -0.2) is 6.54 Å². The molecule has 0 bridgehead atoms. The molecule has 0 radical (unpaired) electrons. The van der Waals surface area contributed by atoms with E-state index in [4.69, 9.17) is 5.73 Å². The van der Waals surface area contributed by atoms with Gasteiger partial charge >= 0.3 is 0 Å². The van der Waals surface area contributed by atoms with Gasteiger partial charge in [-0.1, -0.05) is 36.8 Å². The van der Waals surface area contributed by atoms with Gasteiger partial charge in [0.15, 0.2) is 0 Å². The first-order valence-corrected chi connectivity index (χ1v) is 5.09. The minimum Gasteiger partial charge on any atom is -0.330 e. The van der Waals surface area contributed by atoms with E-state index in [2.05, 4.69) is 30.3 Å². The van der Waals surface area contributed by atoms with Crippen molar-refractivity contribution in [1.82, 2.24) is 0 Å². The van der Waals surface area contributed by atoms with Crippen LogP contribution in [-0.2, 0) is 6.42 Å². The Hall–Kier alpha value is -0.820. The van der Waals surface area contributed by atoms with Crippen molar-refractivity contribution >= 4 is 0 Å². The summed E-state index contributed by atoms with van der Waals surface area (Å²) in [5.41, 5.74) is 7.70. The van der Waals surface area contributed by atoms with Crippen LogP contribution in [0.3, 0.4) is 0 Å². The maximum Gasteiger partial charge on any atom is -0.00173 e. The molecular formula is C12H17N. The summed E-state index contributed by atoms with van der Waals surface area (Å²) in [4.78, 5) is 0. The minimum atomic E-state index is 0.446. The molecule has 13 heavy (non-hydrogen) atoms. The van der Waals surface area contributed by atoms with Gasteiger partial charge in [-0.25, -0.2) is 0 Å². The number of hydrogen-bond acceptors (Lipinski definition) is 1. The highest BCUT2D eigenvalue weighted by Crippen LogP contribution is 2.42. The number of nitrogens with two attached hydrogens (primary N) is 1. The van der Waals surface area contributed by atoms with Gasteiger partial charge in [0.1, 0.15) is 0 Å². The monoisotopic (exact) mass is 175 g/mol. The molecule has 1 fully saturated rings. The van der Waals surface area contributed by atoms with Crippen LogP contribution >= 0.6 is 0 Å². The van der Waals surface area contributed by atoms with Crippen LogP contribution in [0.25, 0.3) is 0 Å². The quantitative estimate of drug-likeness (QED) is 0.749. The number of rotatable bonds is 3. The molecule has 1 aliphatic carbocycles. The maximum absolute atomic E-state index is 5.82. The summed E-state index contributed by atoms with van der Waals surface area (Å²) in [7, 11) is 0. The zero-order valence-corrected chi connectivity index (χ0v) is 8.00. The Balaban J connectivity index is 2.05. The molecule has 0 aromatic heterocycles. The standard InChI is InChI=1S/C12H17N/c13-10-12(7-4-8-12)9-11-5-2-1-3-6-11/h1-3,5-6H,4,7-10,13H2. The fourth-order valence-corrected chi connectivity index (χ4v) is 2.16. The lowest BCUT2D eigenvalue weighted by atomic mass is 9.65. The lowest BCUT2D eigenvalue weighted by Gasteiger charge is -2.41. The van der Waals surface area contributed by atoms with Gasteiger partial charge in [-0.3, -0.25) is 0 Å². The number of hydrogen-bond donors (Lipinski definition) is 1. The molecule has 0 heterocycles. The average molecular weight is 175 g/mol. The van der Waals surface area contributed by atoms with Gasteiger partial charge in [-0.2, -0.15) is 0 Å². The summed E-state index contributed by atoms with van der Waals surface area (Å²) in [5.74, 6) is 0. The van der Waals surface area contributed by atoms with Crippen LogP contribution in [0.5, 0.6) is 0 Å². The van der Waals surface area contributed by atoms with Gasteiger partial charge in [0.05, 0.1) is 0 Å². The smallest absolute Gasteiger partial charge is 0.00173 e. The van der Waals surface area contributed by atoms with E-state index in [-0.39, 0.29) is 0 Å². The zero-order chi connectivity index (χ0) is 9.15. The molecule has 0 saturated heterocycles. The lowest BCUT2D eigenvalue weighted by molar-refractivity contribution is 0.145. The third-order valence-electron chi connectivity index (χ3n) is 3.27. The Bertz CT molecular complexity index is 256. The number of benzene rings is 1. The third-order valence-corrected chi connectivity index (χ3v) is 3.27. The molecule has 1 aromatic rings. The average Bonchev–Trinajstić information content (AvgIpc) is 2.13. The molecule has 0 aliphatic heterocycles. The van der Waals surface area contributed by atoms with Crippen LogP contribution < -0.4 is 5.73 Å². The van der Waals surface area contributed by atoms with Gasteiger partial charge in [0.25, 0.3) is 0 Å². The van der Waals surface area contributed by atoms with E-state index in [0.717, 1.165) is 6.54 Å². The Labute approximate surface area is 80.0 Å². The van der Waals surface area contributed by atoms with E-state index in [0.29, 0.717) is 5.41 Å². The van der Waals surface area contributed by atoms with Gasteiger partial charge in [0.2, 0.25) is 0 Å². The summed E-state index contributed by atoms with van der Waals surface area (Å²) in [6.07, 6.45) is 5.17. The van der Waals surface area contributed by atoms with Crippen molar-refractivity contribution < 1.29 is 0 Å². The van der Waals surface area contributed by atoms with Crippen LogP contribution in [0.15, 0.2) is 30.3 Å². The SMILES string of the molecule is NCC1(Cc2ccccc2)CCC1. The van der Waals surface area contributed by atoms with Gasteiger partial charge in [-0.15, -0.1) is 0 Å². The lowest BCUT2D eigenvalue weighted by Crippen LogP contribution is -2.39. The molecule has 0 atom stereocenters. The largest absolute Gasteiger partial charge is 0.330 e. The van der Waals surface area contributed by atoms with E-state index in [1.54, 1.807) is 0 Å². The van der Waals surface area contributed by atoms with Crippen molar-refractivity contribution in [1.29, 1.82) is 0 Å². The molecular weight excluding hydrogens is 158 g/mol. The Kier molecular flexibility index (Phi) is 2.36. The topological polar surface area (TPSA) is 26.0 Å². The second-order valence-electron chi connectivity index (χ2n) is 4.22. The molecule has 1 aromatic carbocycles. The van der Waals surface area contributed by atoms with Crippen molar-refractivity contribution in [2.24, 2.45) is 11.1 Å². The fraction of sp³-hybridized carbons (Fsp3) is 0.500. The third kappa shape index (κ3) is 1.75. The summed E-state index contributed by atoms with van der Waals surface area (Å²) in [6, 6.07) is 10.7. The fourth-order valence-electron chi connectivity index (χ4n) is 2.16. The molecule has 1 nitrogen and oxygen atoms in total. The maximum atomic E-state index is 5.82. The first-order chi connectivity index (χ1) is 6.35. The van der Waals surface area contributed by atoms with Crippen molar-refractivity contribution in [2.75, 3.05) is 6.54 Å². The second kappa shape index (κ2) is 3.51. The summed E-state index contributed by atoms with van der Waals surface area (Å²) in [5, 5.41) is 0. The first kappa shape index (κ1) is 8.76. The first-order valence-electron chi connectivity index (χ1n) is 5.09.